The average molecular weight is 429 g/mol. The van der Waals surface area contributed by atoms with Crippen LogP contribution in [0.5, 0.6) is 0 Å². The summed E-state index contributed by atoms with van der Waals surface area (Å²) in [5.41, 5.74) is 7.91. The summed E-state index contributed by atoms with van der Waals surface area (Å²) in [5.74, 6) is 3.61. The maximum absolute atomic E-state index is 12.4. The molecule has 0 aliphatic heterocycles. The number of carbonyl (C=O) groups is 1. The van der Waals surface area contributed by atoms with Crippen molar-refractivity contribution < 1.29 is 14.4 Å². The first-order valence-corrected chi connectivity index (χ1v) is 11.8. The Balaban J connectivity index is 0.000000196. The lowest BCUT2D eigenvalue weighted by Crippen LogP contribution is -2.50. The first kappa shape index (κ1) is 22.3. The second-order valence-corrected chi connectivity index (χ2v) is 10.2. The third-order valence-corrected chi connectivity index (χ3v) is 8.73. The Hall–Kier alpha value is -1.86. The zero-order valence-electron chi connectivity index (χ0n) is 18.8. The van der Waals surface area contributed by atoms with Gasteiger partial charge in [0.2, 0.25) is 5.89 Å². The molecule has 7 nitrogen and oxygen atoms in total. The van der Waals surface area contributed by atoms with Crippen molar-refractivity contribution in [2.75, 3.05) is 6.61 Å². The molecule has 0 radical (unpaired) electrons. The number of nitrogens with one attached hydrogen (secondary N) is 1. The van der Waals surface area contributed by atoms with Gasteiger partial charge in [-0.05, 0) is 74.2 Å². The van der Waals surface area contributed by atoms with Crippen molar-refractivity contribution in [3.05, 3.63) is 23.4 Å². The predicted molar refractivity (Wildman–Crippen MR) is 117 cm³/mol. The van der Waals surface area contributed by atoms with Gasteiger partial charge < -0.3 is 20.8 Å². The highest BCUT2D eigenvalue weighted by Gasteiger charge is 2.58. The van der Waals surface area contributed by atoms with E-state index in [4.69, 9.17) is 20.8 Å². The Kier molecular flexibility index (Phi) is 6.19. The average Bonchev–Trinajstić information content (AvgIpc) is 3.33. The van der Waals surface area contributed by atoms with Crippen LogP contribution < -0.4 is 5.73 Å². The van der Waals surface area contributed by atoms with Gasteiger partial charge >= 0.3 is 0 Å². The van der Waals surface area contributed by atoms with E-state index < -0.39 is 0 Å². The van der Waals surface area contributed by atoms with Gasteiger partial charge in [0.15, 0.2) is 5.82 Å². The van der Waals surface area contributed by atoms with E-state index in [1.807, 2.05) is 0 Å². The third-order valence-electron chi connectivity index (χ3n) is 8.73. The van der Waals surface area contributed by atoms with Crippen molar-refractivity contribution in [3.63, 3.8) is 0 Å². The molecule has 170 valence electrons. The highest BCUT2D eigenvalue weighted by molar-refractivity contribution is 5.94. The molecule has 0 saturated heterocycles. The molecule has 5 atom stereocenters. The van der Waals surface area contributed by atoms with Crippen LogP contribution in [0.4, 0.5) is 0 Å². The number of aliphatic hydroxyl groups excluding tert-OH is 1. The second-order valence-electron chi connectivity index (χ2n) is 10.2. The lowest BCUT2D eigenvalue weighted by atomic mass is 9.47. The first-order valence-electron chi connectivity index (χ1n) is 11.8. The molecule has 1 heterocycles. The second kappa shape index (κ2) is 8.58. The number of Topliss-reactive ketones (excluding diaryl/α,β-unsaturated/α-hetero) is 1. The van der Waals surface area contributed by atoms with Crippen molar-refractivity contribution in [2.45, 2.75) is 78.2 Å². The molecule has 0 spiro atoms. The molecule has 4 aliphatic carbocycles. The molecule has 31 heavy (non-hydrogen) atoms. The quantitative estimate of drug-likeness (QED) is 0.675. The van der Waals surface area contributed by atoms with Gasteiger partial charge in [0.25, 0.3) is 0 Å². The van der Waals surface area contributed by atoms with E-state index in [1.165, 1.54) is 19.3 Å². The first-order chi connectivity index (χ1) is 14.8. The van der Waals surface area contributed by atoms with E-state index >= 15 is 0 Å². The van der Waals surface area contributed by atoms with E-state index in [1.54, 1.807) is 5.57 Å². The fourth-order valence-electron chi connectivity index (χ4n) is 6.93. The molecule has 3 fully saturated rings. The van der Waals surface area contributed by atoms with Crippen LogP contribution >= 0.6 is 0 Å². The van der Waals surface area contributed by atoms with Crippen molar-refractivity contribution in [1.29, 1.82) is 5.41 Å². The number of hydrogen-bond donors (Lipinski definition) is 3. The van der Waals surface area contributed by atoms with Gasteiger partial charge in [-0.25, -0.2) is 0 Å². The monoisotopic (exact) mass is 428 g/mol. The summed E-state index contributed by atoms with van der Waals surface area (Å²) in [6, 6.07) is 0. The van der Waals surface area contributed by atoms with Crippen LogP contribution in [0.2, 0.25) is 0 Å². The molecule has 3 saturated carbocycles. The van der Waals surface area contributed by atoms with Gasteiger partial charge in [-0.3, -0.25) is 4.79 Å². The van der Waals surface area contributed by atoms with Crippen LogP contribution in [0.1, 0.15) is 76.9 Å². The maximum Gasteiger partial charge on any atom is 0.229 e. The van der Waals surface area contributed by atoms with E-state index in [0.717, 1.165) is 49.7 Å². The molecule has 7 heteroatoms. The summed E-state index contributed by atoms with van der Waals surface area (Å²) in [4.78, 5) is 16.2. The molecule has 3 unspecified atom stereocenters. The van der Waals surface area contributed by atoms with Crippen LogP contribution in [0.3, 0.4) is 0 Å². The fourth-order valence-corrected chi connectivity index (χ4v) is 6.93. The van der Waals surface area contributed by atoms with Gasteiger partial charge in [-0.15, -0.1) is 0 Å². The number of hydrogen-bond acceptors (Lipinski definition) is 7. The Morgan fingerprint density at radius 1 is 1.16 bits per heavy atom. The number of ketones is 1. The molecule has 4 aliphatic rings. The van der Waals surface area contributed by atoms with Crippen molar-refractivity contribution >= 4 is 11.5 Å². The molecule has 1 aromatic heterocycles. The minimum absolute atomic E-state index is 0.000118. The predicted octanol–water partition coefficient (Wildman–Crippen LogP) is 3.60. The fraction of sp³-hybridized carbons (Fsp3) is 0.750. The van der Waals surface area contributed by atoms with Gasteiger partial charge in [0, 0.05) is 17.5 Å². The highest BCUT2D eigenvalue weighted by atomic mass is 16.5. The number of allylic oxidation sites excluding steroid dienone is 2. The summed E-state index contributed by atoms with van der Waals surface area (Å²) in [7, 11) is 0. The zero-order chi connectivity index (χ0) is 22.2. The minimum atomic E-state index is 0.000118. The van der Waals surface area contributed by atoms with Gasteiger partial charge in [-0.1, -0.05) is 24.6 Å². The van der Waals surface area contributed by atoms with Crippen molar-refractivity contribution in [1.82, 2.24) is 10.1 Å². The maximum atomic E-state index is 12.4. The molecule has 4 N–H and O–H groups in total. The summed E-state index contributed by atoms with van der Waals surface area (Å²) in [5, 5.41) is 20.0. The minimum Gasteiger partial charge on any atom is -0.396 e. The normalized spacial score (nSPS) is 36.6. The van der Waals surface area contributed by atoms with Gasteiger partial charge in [0.05, 0.1) is 19.6 Å². The smallest absolute Gasteiger partial charge is 0.229 e. The molecule has 1 aromatic rings. The van der Waals surface area contributed by atoms with Crippen LogP contribution in [0.25, 0.3) is 0 Å². The number of aromatic nitrogens is 2. The Morgan fingerprint density at radius 3 is 2.65 bits per heavy atom. The SMILES string of the molecule is C[C@]12CCC(=N)C=C1CCC1C2CC[C@]2(C)C(=O)CCC12.NCc1noc(CCO)n1. The lowest BCUT2D eigenvalue weighted by Gasteiger charge is -2.57. The number of carbonyl (C=O) groups excluding carboxylic acids is 1. The topological polar surface area (TPSA) is 126 Å². The Morgan fingerprint density at radius 2 is 1.94 bits per heavy atom. The van der Waals surface area contributed by atoms with E-state index in [2.05, 4.69) is 30.1 Å². The number of rotatable bonds is 3. The summed E-state index contributed by atoms with van der Waals surface area (Å²) >= 11 is 0. The van der Waals surface area contributed by atoms with E-state index in [-0.39, 0.29) is 18.6 Å². The van der Waals surface area contributed by atoms with Crippen LogP contribution in [-0.2, 0) is 17.8 Å². The molecular weight excluding hydrogens is 392 g/mol. The summed E-state index contributed by atoms with van der Waals surface area (Å²) in [6.45, 7) is 5.01. The zero-order valence-corrected chi connectivity index (χ0v) is 18.8. The largest absolute Gasteiger partial charge is 0.396 e. The Bertz CT molecular complexity index is 878. The standard InChI is InChI=1S/C19H27NO.C5H9N3O2/c1-18-9-7-13(20)11-12(18)3-4-14-15-5-6-17(21)19(15,2)10-8-16(14)18;6-3-4-7-5(1-2-9)10-8-4/h11,14-16,20H,3-10H2,1-2H3;9H,1-3,6H2/t14?,15?,16?,18-,19-;/m0./s1. The van der Waals surface area contributed by atoms with Gasteiger partial charge in [-0.2, -0.15) is 4.98 Å². The molecule has 0 bridgehead atoms. The van der Waals surface area contributed by atoms with Crippen LogP contribution in [-0.4, -0.2) is 33.3 Å². The molecule has 5 rings (SSSR count). The molecule has 0 aromatic carbocycles. The number of aliphatic hydroxyl groups is 1. The van der Waals surface area contributed by atoms with Gasteiger partial charge in [0.1, 0.15) is 5.78 Å². The molecule has 0 amide bonds. The Labute approximate surface area is 184 Å². The number of nitrogens with two attached hydrogens (primary N) is 1. The van der Waals surface area contributed by atoms with Crippen molar-refractivity contribution in [3.8, 4) is 0 Å². The van der Waals surface area contributed by atoms with Crippen LogP contribution in [0.15, 0.2) is 16.2 Å². The van der Waals surface area contributed by atoms with Crippen LogP contribution in [0, 0.1) is 34.0 Å². The van der Waals surface area contributed by atoms with E-state index in [0.29, 0.717) is 35.3 Å². The third kappa shape index (κ3) is 3.91. The molecular formula is C24H36N4O3. The number of nitrogens with zero attached hydrogens (tertiary/aromatic N) is 2. The number of fused-ring (bicyclic) bond motifs is 5. The lowest BCUT2D eigenvalue weighted by molar-refractivity contribution is -0.132. The summed E-state index contributed by atoms with van der Waals surface area (Å²) < 4.78 is 4.69. The highest BCUT2D eigenvalue weighted by Crippen LogP contribution is 2.64. The summed E-state index contributed by atoms with van der Waals surface area (Å²) in [6.07, 6.45) is 11.4. The van der Waals surface area contributed by atoms with Crippen molar-refractivity contribution in [2.24, 2.45) is 34.3 Å². The van der Waals surface area contributed by atoms with E-state index in [9.17, 15) is 4.79 Å².